The van der Waals surface area contributed by atoms with Crippen molar-refractivity contribution >= 4 is 21.6 Å². The number of thioether (sulfide) groups is 1. The van der Waals surface area contributed by atoms with Gasteiger partial charge in [0.2, 0.25) is 0 Å². The third-order valence-corrected chi connectivity index (χ3v) is 6.64. The normalized spacial score (nSPS) is 18.8. The van der Waals surface area contributed by atoms with Gasteiger partial charge in [0.05, 0.1) is 10.1 Å². The summed E-state index contributed by atoms with van der Waals surface area (Å²) in [5.41, 5.74) is 0.947. The predicted molar refractivity (Wildman–Crippen MR) is 78.2 cm³/mol. The fourth-order valence-corrected chi connectivity index (χ4v) is 5.59. The van der Waals surface area contributed by atoms with E-state index in [1.54, 1.807) is 36.0 Å². The summed E-state index contributed by atoms with van der Waals surface area (Å²) < 4.78 is 25.5. The Balaban J connectivity index is 2.09. The van der Waals surface area contributed by atoms with Gasteiger partial charge in [0.1, 0.15) is 0 Å². The van der Waals surface area contributed by atoms with Crippen molar-refractivity contribution in [3.05, 3.63) is 60.2 Å². The van der Waals surface area contributed by atoms with E-state index in [0.717, 1.165) is 16.2 Å². The average molecular weight is 290 g/mol. The Labute approximate surface area is 117 Å². The van der Waals surface area contributed by atoms with Gasteiger partial charge in [-0.05, 0) is 35.9 Å². The van der Waals surface area contributed by atoms with Crippen molar-refractivity contribution in [3.63, 3.8) is 0 Å². The molecule has 0 bridgehead atoms. The van der Waals surface area contributed by atoms with Gasteiger partial charge >= 0.3 is 0 Å². The van der Waals surface area contributed by atoms with Gasteiger partial charge in [0.15, 0.2) is 9.84 Å². The van der Waals surface area contributed by atoms with Crippen LogP contribution >= 0.6 is 11.8 Å². The van der Waals surface area contributed by atoms with Crippen LogP contribution in [0.4, 0.5) is 0 Å². The van der Waals surface area contributed by atoms with Crippen LogP contribution in [0, 0.1) is 0 Å². The van der Waals surface area contributed by atoms with E-state index in [4.69, 9.17) is 0 Å². The van der Waals surface area contributed by atoms with Crippen molar-refractivity contribution in [2.45, 2.75) is 21.5 Å². The zero-order valence-electron chi connectivity index (χ0n) is 10.3. The van der Waals surface area contributed by atoms with Gasteiger partial charge in [-0.25, -0.2) is 8.42 Å². The molecule has 1 aliphatic heterocycles. The number of benzene rings is 2. The highest BCUT2D eigenvalue weighted by Crippen LogP contribution is 2.42. The zero-order valence-corrected chi connectivity index (χ0v) is 12.0. The molecule has 98 valence electrons. The molecule has 0 saturated heterocycles. The molecule has 1 heterocycles. The molecular weight excluding hydrogens is 276 g/mol. The smallest absolute Gasteiger partial charge is 0.185 e. The third kappa shape index (κ3) is 2.30. The predicted octanol–water partition coefficient (Wildman–Crippen LogP) is 3.70. The SMILES string of the molecule is O=S(=O)(c1ccccc1)C1CCSc2ccccc21. The lowest BCUT2D eigenvalue weighted by Crippen LogP contribution is -2.18. The molecule has 0 saturated carbocycles. The van der Waals surface area contributed by atoms with E-state index in [1.165, 1.54) is 0 Å². The van der Waals surface area contributed by atoms with E-state index < -0.39 is 15.1 Å². The minimum Gasteiger partial charge on any atom is -0.223 e. The summed E-state index contributed by atoms with van der Waals surface area (Å²) in [5.74, 6) is 0.855. The summed E-state index contributed by atoms with van der Waals surface area (Å²) in [6.07, 6.45) is 0.679. The molecule has 2 nitrogen and oxygen atoms in total. The topological polar surface area (TPSA) is 34.1 Å². The molecule has 0 spiro atoms. The molecule has 1 aliphatic rings. The molecule has 0 radical (unpaired) electrons. The summed E-state index contributed by atoms with van der Waals surface area (Å²) in [6, 6.07) is 16.6. The maximum atomic E-state index is 12.7. The fraction of sp³-hybridized carbons (Fsp3) is 0.200. The van der Waals surface area contributed by atoms with Crippen LogP contribution in [0.1, 0.15) is 17.2 Å². The summed E-state index contributed by atoms with van der Waals surface area (Å²) >= 11 is 1.74. The highest BCUT2D eigenvalue weighted by molar-refractivity contribution is 7.99. The first kappa shape index (κ1) is 12.8. The first-order valence-electron chi connectivity index (χ1n) is 6.20. The third-order valence-electron chi connectivity index (χ3n) is 3.35. The van der Waals surface area contributed by atoms with Crippen LogP contribution in [0.15, 0.2) is 64.4 Å². The minimum absolute atomic E-state index is 0.410. The van der Waals surface area contributed by atoms with Gasteiger partial charge in [-0.2, -0.15) is 0 Å². The van der Waals surface area contributed by atoms with E-state index in [-0.39, 0.29) is 0 Å². The second-order valence-corrected chi connectivity index (χ2v) is 7.79. The lowest BCUT2D eigenvalue weighted by atomic mass is 10.1. The van der Waals surface area contributed by atoms with Crippen LogP contribution < -0.4 is 0 Å². The van der Waals surface area contributed by atoms with E-state index in [1.807, 2.05) is 30.3 Å². The first-order valence-corrected chi connectivity index (χ1v) is 8.73. The number of hydrogen-bond donors (Lipinski definition) is 0. The Morgan fingerprint density at radius 1 is 0.947 bits per heavy atom. The Bertz CT molecular complexity index is 678. The second-order valence-electron chi connectivity index (χ2n) is 4.52. The lowest BCUT2D eigenvalue weighted by Gasteiger charge is -2.24. The number of rotatable bonds is 2. The minimum atomic E-state index is -3.29. The molecule has 1 atom stereocenters. The van der Waals surface area contributed by atoms with Gasteiger partial charge < -0.3 is 0 Å². The van der Waals surface area contributed by atoms with Crippen molar-refractivity contribution < 1.29 is 8.42 Å². The van der Waals surface area contributed by atoms with Crippen molar-refractivity contribution in [3.8, 4) is 0 Å². The van der Waals surface area contributed by atoms with Crippen molar-refractivity contribution in [2.24, 2.45) is 0 Å². The maximum absolute atomic E-state index is 12.7. The van der Waals surface area contributed by atoms with Crippen molar-refractivity contribution in [1.29, 1.82) is 0 Å². The number of fused-ring (bicyclic) bond motifs is 1. The van der Waals surface area contributed by atoms with Crippen LogP contribution in [0.25, 0.3) is 0 Å². The quantitative estimate of drug-likeness (QED) is 0.846. The van der Waals surface area contributed by atoms with Gasteiger partial charge in [0.25, 0.3) is 0 Å². The highest BCUT2D eigenvalue weighted by Gasteiger charge is 2.32. The first-order chi connectivity index (χ1) is 9.19. The van der Waals surface area contributed by atoms with Crippen LogP contribution in [-0.4, -0.2) is 14.2 Å². The van der Waals surface area contributed by atoms with Crippen LogP contribution in [0.2, 0.25) is 0 Å². The highest BCUT2D eigenvalue weighted by atomic mass is 32.2. The average Bonchev–Trinajstić information content (AvgIpc) is 2.47. The van der Waals surface area contributed by atoms with Gasteiger partial charge in [-0.3, -0.25) is 0 Å². The fourth-order valence-electron chi connectivity index (χ4n) is 2.41. The molecule has 0 aromatic heterocycles. The van der Waals surface area contributed by atoms with E-state index >= 15 is 0 Å². The molecule has 3 rings (SSSR count). The van der Waals surface area contributed by atoms with Crippen LogP contribution in [0.3, 0.4) is 0 Å². The summed E-state index contributed by atoms with van der Waals surface area (Å²) in [5, 5.41) is -0.410. The largest absolute Gasteiger partial charge is 0.223 e. The summed E-state index contributed by atoms with van der Waals surface area (Å²) in [6.45, 7) is 0. The number of hydrogen-bond acceptors (Lipinski definition) is 3. The standard InChI is InChI=1S/C15H14O2S2/c16-19(17,12-6-2-1-3-7-12)15-10-11-18-14-9-5-4-8-13(14)15/h1-9,15H,10-11H2. The molecule has 2 aromatic carbocycles. The number of sulfone groups is 1. The van der Waals surface area contributed by atoms with E-state index in [0.29, 0.717) is 11.3 Å². The maximum Gasteiger partial charge on any atom is 0.185 e. The molecule has 1 unspecified atom stereocenters. The Hall–Kier alpha value is -1.26. The molecule has 0 fully saturated rings. The summed E-state index contributed by atoms with van der Waals surface area (Å²) in [7, 11) is -3.29. The molecule has 19 heavy (non-hydrogen) atoms. The van der Waals surface area contributed by atoms with Crippen molar-refractivity contribution in [2.75, 3.05) is 5.75 Å². The van der Waals surface area contributed by atoms with Gasteiger partial charge in [-0.15, -0.1) is 11.8 Å². The van der Waals surface area contributed by atoms with Crippen LogP contribution in [0.5, 0.6) is 0 Å². The van der Waals surface area contributed by atoms with E-state index in [9.17, 15) is 8.42 Å². The van der Waals surface area contributed by atoms with Gasteiger partial charge in [-0.1, -0.05) is 36.4 Å². The molecule has 0 amide bonds. The van der Waals surface area contributed by atoms with E-state index in [2.05, 4.69) is 0 Å². The molecule has 0 N–H and O–H groups in total. The Morgan fingerprint density at radius 3 is 2.42 bits per heavy atom. The van der Waals surface area contributed by atoms with Crippen LogP contribution in [-0.2, 0) is 9.84 Å². The Kier molecular flexibility index (Phi) is 3.37. The lowest BCUT2D eigenvalue weighted by molar-refractivity contribution is 0.577. The molecule has 0 aliphatic carbocycles. The monoisotopic (exact) mass is 290 g/mol. The molecular formula is C15H14O2S2. The van der Waals surface area contributed by atoms with Crippen molar-refractivity contribution in [1.82, 2.24) is 0 Å². The summed E-state index contributed by atoms with van der Waals surface area (Å²) in [4.78, 5) is 1.51. The zero-order chi connectivity index (χ0) is 13.3. The van der Waals surface area contributed by atoms with Gasteiger partial charge in [0, 0.05) is 4.90 Å². The second kappa shape index (κ2) is 5.02. The molecule has 2 aromatic rings. The Morgan fingerprint density at radius 2 is 1.63 bits per heavy atom. The molecule has 4 heteroatoms.